The van der Waals surface area contributed by atoms with Crippen LogP contribution in [0.2, 0.25) is 0 Å². The van der Waals surface area contributed by atoms with Crippen LogP contribution in [0.4, 0.5) is 0 Å². The lowest BCUT2D eigenvalue weighted by Gasteiger charge is -2.31. The number of fused-ring (bicyclic) bond motifs is 1. The maximum Gasteiger partial charge on any atom is 0.0897 e. The molecule has 0 aromatic carbocycles. The van der Waals surface area contributed by atoms with Gasteiger partial charge in [-0.2, -0.15) is 5.10 Å². The summed E-state index contributed by atoms with van der Waals surface area (Å²) in [5.74, 6) is 1.19. The Morgan fingerprint density at radius 3 is 2.96 bits per heavy atom. The first-order valence-electron chi connectivity index (χ1n) is 8.41. The van der Waals surface area contributed by atoms with Crippen molar-refractivity contribution in [2.45, 2.75) is 38.8 Å². The van der Waals surface area contributed by atoms with Gasteiger partial charge >= 0.3 is 0 Å². The Balaban J connectivity index is 1.45. The molecule has 2 aromatic rings. The van der Waals surface area contributed by atoms with Gasteiger partial charge in [-0.3, -0.25) is 9.58 Å². The van der Waals surface area contributed by atoms with Crippen LogP contribution in [0.25, 0.3) is 0 Å². The third-order valence-electron chi connectivity index (χ3n) is 4.62. The van der Waals surface area contributed by atoms with Crippen molar-refractivity contribution in [3.05, 3.63) is 33.5 Å². The number of hydrogen-bond donors (Lipinski definition) is 0. The zero-order valence-electron chi connectivity index (χ0n) is 13.9. The normalized spacial score (nSPS) is 21.6. The van der Waals surface area contributed by atoms with Gasteiger partial charge in [0.25, 0.3) is 0 Å². The fourth-order valence-electron chi connectivity index (χ4n) is 3.35. The highest BCUT2D eigenvalue weighted by Crippen LogP contribution is 2.31. The highest BCUT2D eigenvalue weighted by Gasteiger charge is 2.29. The smallest absolute Gasteiger partial charge is 0.0897 e. The minimum Gasteiger partial charge on any atom is -0.380 e. The number of aryl methyl sites for hydroxylation is 2. The zero-order valence-corrected chi connectivity index (χ0v) is 14.7. The second-order valence-corrected chi connectivity index (χ2v) is 7.98. The van der Waals surface area contributed by atoms with E-state index in [1.807, 2.05) is 11.7 Å². The van der Waals surface area contributed by atoms with Crippen LogP contribution in [0.1, 0.15) is 40.7 Å². The molecule has 0 N–H and O–H groups in total. The van der Waals surface area contributed by atoms with Crippen molar-refractivity contribution in [2.24, 2.45) is 13.0 Å². The van der Waals surface area contributed by atoms with Gasteiger partial charge in [0.2, 0.25) is 0 Å². The first-order chi connectivity index (χ1) is 11.2. The van der Waals surface area contributed by atoms with Crippen molar-refractivity contribution in [1.82, 2.24) is 19.7 Å². The van der Waals surface area contributed by atoms with Gasteiger partial charge in [-0.1, -0.05) is 0 Å². The van der Waals surface area contributed by atoms with Crippen LogP contribution < -0.4 is 0 Å². The molecule has 2 aromatic heterocycles. The molecule has 23 heavy (non-hydrogen) atoms. The van der Waals surface area contributed by atoms with Crippen LogP contribution in [0, 0.1) is 12.8 Å². The topological polar surface area (TPSA) is 43.2 Å². The van der Waals surface area contributed by atoms with Crippen molar-refractivity contribution >= 4 is 11.3 Å². The van der Waals surface area contributed by atoms with Crippen LogP contribution in [-0.4, -0.2) is 39.4 Å². The van der Waals surface area contributed by atoms with E-state index in [1.165, 1.54) is 29.8 Å². The van der Waals surface area contributed by atoms with Crippen molar-refractivity contribution in [3.8, 4) is 0 Å². The molecule has 0 saturated heterocycles. The fraction of sp³-hybridized carbons (Fsp3) is 0.647. The molecule has 1 aliphatic heterocycles. The van der Waals surface area contributed by atoms with Gasteiger partial charge in [0.15, 0.2) is 0 Å². The Morgan fingerprint density at radius 1 is 1.35 bits per heavy atom. The van der Waals surface area contributed by atoms with Crippen LogP contribution in [-0.2, 0) is 24.9 Å². The monoisotopic (exact) mass is 332 g/mol. The summed E-state index contributed by atoms with van der Waals surface area (Å²) in [6.45, 7) is 6.65. The summed E-state index contributed by atoms with van der Waals surface area (Å²) in [6.07, 6.45) is 4.84. The molecule has 4 rings (SSSR count). The van der Waals surface area contributed by atoms with Crippen molar-refractivity contribution in [2.75, 3.05) is 19.8 Å². The fourth-order valence-corrected chi connectivity index (χ4v) is 3.95. The summed E-state index contributed by atoms with van der Waals surface area (Å²) >= 11 is 1.73. The molecule has 1 unspecified atom stereocenters. The number of nitrogens with zero attached hydrogens (tertiary/aromatic N) is 4. The first kappa shape index (κ1) is 15.3. The maximum absolute atomic E-state index is 5.98. The predicted molar refractivity (Wildman–Crippen MR) is 90.5 cm³/mol. The number of rotatable bonds is 6. The molecule has 2 aliphatic rings. The minimum atomic E-state index is 0.374. The van der Waals surface area contributed by atoms with Crippen LogP contribution >= 0.6 is 11.3 Å². The Hall–Kier alpha value is -1.24. The van der Waals surface area contributed by atoms with E-state index in [1.54, 1.807) is 11.3 Å². The van der Waals surface area contributed by atoms with E-state index < -0.39 is 0 Å². The van der Waals surface area contributed by atoms with Crippen LogP contribution in [0.15, 0.2) is 11.6 Å². The Kier molecular flexibility index (Phi) is 4.22. The van der Waals surface area contributed by atoms with Gasteiger partial charge in [0, 0.05) is 56.3 Å². The second kappa shape index (κ2) is 6.34. The standard InChI is InChI=1S/C17H24N4OS/c1-12-18-16(11-23-12)8-21-6-14-5-20(2)19-17(14)15(7-21)10-22-9-13-3-4-13/h5,11,13,15H,3-4,6-10H2,1-2H3. The lowest BCUT2D eigenvalue weighted by Crippen LogP contribution is -2.35. The number of aromatic nitrogens is 3. The molecule has 0 bridgehead atoms. The summed E-state index contributed by atoms with van der Waals surface area (Å²) in [5, 5.41) is 8.00. The van der Waals surface area contributed by atoms with Crippen molar-refractivity contribution in [3.63, 3.8) is 0 Å². The average molecular weight is 332 g/mol. The highest BCUT2D eigenvalue weighted by atomic mass is 32.1. The Labute approximate surface area is 141 Å². The molecule has 0 amide bonds. The van der Waals surface area contributed by atoms with Gasteiger partial charge in [-0.15, -0.1) is 11.3 Å². The first-order valence-corrected chi connectivity index (χ1v) is 9.29. The molecule has 1 fully saturated rings. The quantitative estimate of drug-likeness (QED) is 0.816. The van der Waals surface area contributed by atoms with Gasteiger partial charge in [-0.05, 0) is 25.7 Å². The lowest BCUT2D eigenvalue weighted by molar-refractivity contribution is 0.0879. The third-order valence-corrected chi connectivity index (χ3v) is 5.44. The van der Waals surface area contributed by atoms with E-state index in [-0.39, 0.29) is 0 Å². The molecule has 3 heterocycles. The van der Waals surface area contributed by atoms with Gasteiger partial charge in [0.05, 0.1) is 23.0 Å². The van der Waals surface area contributed by atoms with Gasteiger partial charge in [0.1, 0.15) is 0 Å². The SMILES string of the molecule is Cc1nc(CN2Cc3cn(C)nc3C(COCC3CC3)C2)cs1. The summed E-state index contributed by atoms with van der Waals surface area (Å²) in [6, 6.07) is 0. The lowest BCUT2D eigenvalue weighted by atomic mass is 9.97. The average Bonchev–Trinajstić information content (AvgIpc) is 3.12. The Morgan fingerprint density at radius 2 is 2.22 bits per heavy atom. The molecule has 1 saturated carbocycles. The zero-order chi connectivity index (χ0) is 15.8. The summed E-state index contributed by atoms with van der Waals surface area (Å²) in [5.41, 5.74) is 3.75. The summed E-state index contributed by atoms with van der Waals surface area (Å²) < 4.78 is 7.92. The number of thiazole rings is 1. The molecule has 5 nitrogen and oxygen atoms in total. The van der Waals surface area contributed by atoms with E-state index in [9.17, 15) is 0 Å². The Bertz CT molecular complexity index is 676. The maximum atomic E-state index is 5.98. The van der Waals surface area contributed by atoms with E-state index in [4.69, 9.17) is 4.74 Å². The van der Waals surface area contributed by atoms with E-state index in [0.29, 0.717) is 5.92 Å². The third kappa shape index (κ3) is 3.65. The highest BCUT2D eigenvalue weighted by molar-refractivity contribution is 7.09. The van der Waals surface area contributed by atoms with Crippen LogP contribution in [0.5, 0.6) is 0 Å². The van der Waals surface area contributed by atoms with Crippen molar-refractivity contribution < 1.29 is 4.74 Å². The number of ether oxygens (including phenoxy) is 1. The van der Waals surface area contributed by atoms with Gasteiger partial charge in [-0.25, -0.2) is 4.98 Å². The van der Waals surface area contributed by atoms with E-state index in [0.717, 1.165) is 43.8 Å². The second-order valence-electron chi connectivity index (χ2n) is 6.92. The van der Waals surface area contributed by atoms with E-state index >= 15 is 0 Å². The predicted octanol–water partition coefficient (Wildman–Crippen LogP) is 2.71. The largest absolute Gasteiger partial charge is 0.380 e. The molecule has 0 spiro atoms. The number of hydrogen-bond acceptors (Lipinski definition) is 5. The molecular weight excluding hydrogens is 308 g/mol. The van der Waals surface area contributed by atoms with Crippen LogP contribution in [0.3, 0.4) is 0 Å². The molecule has 1 atom stereocenters. The van der Waals surface area contributed by atoms with E-state index in [2.05, 4.69) is 33.5 Å². The minimum absolute atomic E-state index is 0.374. The summed E-state index contributed by atoms with van der Waals surface area (Å²) in [4.78, 5) is 7.09. The molecular formula is C17H24N4OS. The van der Waals surface area contributed by atoms with Crippen molar-refractivity contribution in [1.29, 1.82) is 0 Å². The molecule has 6 heteroatoms. The molecule has 1 aliphatic carbocycles. The molecule has 0 radical (unpaired) electrons. The summed E-state index contributed by atoms with van der Waals surface area (Å²) in [7, 11) is 2.01. The molecule has 124 valence electrons. The van der Waals surface area contributed by atoms with Gasteiger partial charge < -0.3 is 4.74 Å².